The van der Waals surface area contributed by atoms with Gasteiger partial charge in [-0.05, 0) is 36.4 Å². The quantitative estimate of drug-likeness (QED) is 0.453. The number of halogens is 1. The van der Waals surface area contributed by atoms with Gasteiger partial charge in [0.25, 0.3) is 0 Å². The van der Waals surface area contributed by atoms with Gasteiger partial charge in [-0.3, -0.25) is 0 Å². The third-order valence-corrected chi connectivity index (χ3v) is 4.59. The van der Waals surface area contributed by atoms with Crippen molar-refractivity contribution in [1.82, 2.24) is 29.7 Å². The lowest BCUT2D eigenvalue weighted by Crippen LogP contribution is -2.07. The van der Waals surface area contributed by atoms with E-state index in [1.165, 1.54) is 23.9 Å². The van der Waals surface area contributed by atoms with E-state index < -0.39 is 0 Å². The fraction of sp³-hybridized carbons (Fsp3) is 0.118. The first kappa shape index (κ1) is 17.9. The van der Waals surface area contributed by atoms with Crippen molar-refractivity contribution in [2.45, 2.75) is 17.5 Å². The zero-order valence-corrected chi connectivity index (χ0v) is 15.3. The predicted molar refractivity (Wildman–Crippen MR) is 101 cm³/mol. The van der Waals surface area contributed by atoms with Crippen molar-refractivity contribution in [2.24, 2.45) is 0 Å². The lowest BCUT2D eigenvalue weighted by Gasteiger charge is -2.07. The molecule has 0 aliphatic heterocycles. The number of nitrogen functional groups attached to an aromatic ring is 1. The van der Waals surface area contributed by atoms with Crippen molar-refractivity contribution in [1.29, 1.82) is 0 Å². The first-order valence-corrected chi connectivity index (χ1v) is 9.20. The molecular formula is C17H15FN8OS. The van der Waals surface area contributed by atoms with Gasteiger partial charge in [-0.2, -0.15) is 15.0 Å². The molecule has 0 bridgehead atoms. The van der Waals surface area contributed by atoms with E-state index >= 15 is 0 Å². The Kier molecular flexibility index (Phi) is 5.15. The number of hydrogen-bond donors (Lipinski definition) is 2. The maximum Gasteiger partial charge on any atom is 0.232 e. The Morgan fingerprint density at radius 3 is 2.79 bits per heavy atom. The van der Waals surface area contributed by atoms with Crippen LogP contribution in [-0.2, 0) is 12.3 Å². The Hall–Kier alpha value is -3.47. The smallest absolute Gasteiger partial charge is 0.232 e. The molecule has 0 aliphatic carbocycles. The average Bonchev–Trinajstić information content (AvgIpc) is 3.34. The van der Waals surface area contributed by atoms with Gasteiger partial charge in [0, 0.05) is 5.69 Å². The van der Waals surface area contributed by atoms with Crippen molar-refractivity contribution in [2.75, 3.05) is 11.1 Å². The number of benzene rings is 1. The van der Waals surface area contributed by atoms with Crippen LogP contribution in [0.4, 0.5) is 22.0 Å². The fourth-order valence-corrected chi connectivity index (χ4v) is 3.15. The molecule has 28 heavy (non-hydrogen) atoms. The molecule has 0 saturated carbocycles. The summed E-state index contributed by atoms with van der Waals surface area (Å²) in [5.74, 6) is 1.75. The van der Waals surface area contributed by atoms with E-state index in [4.69, 9.17) is 10.2 Å². The molecule has 1 aromatic carbocycles. The number of anilines is 3. The molecule has 3 aromatic heterocycles. The summed E-state index contributed by atoms with van der Waals surface area (Å²) in [6.07, 6.45) is 3.25. The third-order valence-electron chi connectivity index (χ3n) is 3.62. The molecule has 4 aromatic rings. The Labute approximate surface area is 163 Å². The van der Waals surface area contributed by atoms with E-state index in [0.717, 1.165) is 5.76 Å². The SMILES string of the molecule is Nc1nc(CSc2nncn2Cc2ccco2)nc(Nc2ccc(F)cc2)n1. The van der Waals surface area contributed by atoms with E-state index in [-0.39, 0.29) is 17.7 Å². The summed E-state index contributed by atoms with van der Waals surface area (Å²) in [5.41, 5.74) is 6.43. The van der Waals surface area contributed by atoms with Crippen molar-refractivity contribution in [3.8, 4) is 0 Å². The lowest BCUT2D eigenvalue weighted by molar-refractivity contribution is 0.484. The first-order chi connectivity index (χ1) is 13.7. The van der Waals surface area contributed by atoms with Gasteiger partial charge >= 0.3 is 0 Å². The number of thioether (sulfide) groups is 1. The Bertz CT molecular complexity index is 1050. The van der Waals surface area contributed by atoms with E-state index in [1.54, 1.807) is 24.7 Å². The Morgan fingerprint density at radius 2 is 2.00 bits per heavy atom. The van der Waals surface area contributed by atoms with Crippen molar-refractivity contribution in [3.63, 3.8) is 0 Å². The van der Waals surface area contributed by atoms with Gasteiger partial charge in [0.2, 0.25) is 11.9 Å². The normalized spacial score (nSPS) is 10.9. The van der Waals surface area contributed by atoms with Gasteiger partial charge in [0.1, 0.15) is 23.7 Å². The summed E-state index contributed by atoms with van der Waals surface area (Å²) in [6, 6.07) is 9.57. The molecular weight excluding hydrogens is 383 g/mol. The number of rotatable bonds is 7. The summed E-state index contributed by atoms with van der Waals surface area (Å²) >= 11 is 1.42. The lowest BCUT2D eigenvalue weighted by atomic mass is 10.3. The van der Waals surface area contributed by atoms with Crippen LogP contribution < -0.4 is 11.1 Å². The number of nitrogens with two attached hydrogens (primary N) is 1. The van der Waals surface area contributed by atoms with Crippen LogP contribution in [0.3, 0.4) is 0 Å². The van der Waals surface area contributed by atoms with Gasteiger partial charge in [-0.1, -0.05) is 11.8 Å². The van der Waals surface area contributed by atoms with E-state index in [9.17, 15) is 4.39 Å². The summed E-state index contributed by atoms with van der Waals surface area (Å²) < 4.78 is 20.2. The van der Waals surface area contributed by atoms with Crippen LogP contribution in [0.1, 0.15) is 11.6 Å². The van der Waals surface area contributed by atoms with Crippen molar-refractivity contribution >= 4 is 29.3 Å². The molecule has 142 valence electrons. The molecule has 9 nitrogen and oxygen atoms in total. The molecule has 0 saturated heterocycles. The van der Waals surface area contributed by atoms with Crippen LogP contribution in [0, 0.1) is 5.82 Å². The van der Waals surface area contributed by atoms with Gasteiger partial charge in [-0.25, -0.2) is 4.39 Å². The molecule has 0 fully saturated rings. The summed E-state index contributed by atoms with van der Waals surface area (Å²) in [7, 11) is 0. The number of hydrogen-bond acceptors (Lipinski definition) is 9. The molecule has 3 N–H and O–H groups in total. The summed E-state index contributed by atoms with van der Waals surface area (Å²) in [6.45, 7) is 0.527. The van der Waals surface area contributed by atoms with E-state index in [0.29, 0.717) is 29.0 Å². The molecule has 0 atom stereocenters. The molecule has 0 radical (unpaired) electrons. The highest BCUT2D eigenvalue weighted by Gasteiger charge is 2.11. The molecule has 0 unspecified atom stereocenters. The van der Waals surface area contributed by atoms with Gasteiger partial charge < -0.3 is 20.0 Å². The van der Waals surface area contributed by atoms with Crippen LogP contribution >= 0.6 is 11.8 Å². The molecule has 11 heteroatoms. The maximum absolute atomic E-state index is 13.0. The van der Waals surface area contributed by atoms with Gasteiger partial charge in [0.15, 0.2) is 5.16 Å². The van der Waals surface area contributed by atoms with Gasteiger partial charge in [0.05, 0.1) is 18.6 Å². The Balaban J connectivity index is 1.45. The second-order valence-electron chi connectivity index (χ2n) is 5.67. The van der Waals surface area contributed by atoms with E-state index in [2.05, 4.69) is 30.5 Å². The fourth-order valence-electron chi connectivity index (χ4n) is 2.38. The molecule has 0 spiro atoms. The number of nitrogens with zero attached hydrogens (tertiary/aromatic N) is 6. The van der Waals surface area contributed by atoms with Crippen molar-refractivity contribution < 1.29 is 8.81 Å². The second kappa shape index (κ2) is 8.05. The maximum atomic E-state index is 13.0. The summed E-state index contributed by atoms with van der Waals surface area (Å²) in [5, 5.41) is 11.7. The molecule has 0 aliphatic rings. The molecule has 3 heterocycles. The standard InChI is InChI=1S/C17H15FN8OS/c18-11-3-5-12(6-4-11)21-16-23-14(22-15(19)24-16)9-28-17-25-20-10-26(17)8-13-2-1-7-27-13/h1-7,10H,8-9H2,(H3,19,21,22,23,24). The zero-order chi connectivity index (χ0) is 19.3. The molecule has 4 rings (SSSR count). The first-order valence-electron chi connectivity index (χ1n) is 8.22. The highest BCUT2D eigenvalue weighted by molar-refractivity contribution is 7.98. The highest BCUT2D eigenvalue weighted by Crippen LogP contribution is 2.21. The predicted octanol–water partition coefficient (Wildman–Crippen LogP) is 2.86. The van der Waals surface area contributed by atoms with Crippen LogP contribution in [0.2, 0.25) is 0 Å². The second-order valence-corrected chi connectivity index (χ2v) is 6.62. The van der Waals surface area contributed by atoms with Crippen LogP contribution in [0.15, 0.2) is 58.6 Å². The molecule has 0 amide bonds. The zero-order valence-electron chi connectivity index (χ0n) is 14.5. The average molecular weight is 398 g/mol. The van der Waals surface area contributed by atoms with Crippen molar-refractivity contribution in [3.05, 3.63) is 66.4 Å². The summed E-state index contributed by atoms with van der Waals surface area (Å²) in [4.78, 5) is 12.6. The number of nitrogens with one attached hydrogen (secondary N) is 1. The Morgan fingerprint density at radius 1 is 1.14 bits per heavy atom. The minimum atomic E-state index is -0.323. The highest BCUT2D eigenvalue weighted by atomic mass is 32.2. The van der Waals surface area contributed by atoms with Crippen LogP contribution in [0.5, 0.6) is 0 Å². The van der Waals surface area contributed by atoms with Crippen LogP contribution in [0.25, 0.3) is 0 Å². The topological polar surface area (TPSA) is 121 Å². The van der Waals surface area contributed by atoms with Crippen LogP contribution in [-0.4, -0.2) is 29.7 Å². The third kappa shape index (κ3) is 4.43. The monoisotopic (exact) mass is 398 g/mol. The minimum absolute atomic E-state index is 0.0901. The van der Waals surface area contributed by atoms with Gasteiger partial charge in [-0.15, -0.1) is 10.2 Å². The van der Waals surface area contributed by atoms with E-state index in [1.807, 2.05) is 16.7 Å². The minimum Gasteiger partial charge on any atom is -0.467 e. The largest absolute Gasteiger partial charge is 0.467 e. The number of aromatic nitrogens is 6. The number of furan rings is 1.